The number of benzene rings is 2. The highest BCUT2D eigenvalue weighted by Gasteiger charge is 2.36. The van der Waals surface area contributed by atoms with Gasteiger partial charge >= 0.3 is 0 Å². The standard InChI is InChI=1S/C20H26N2O5S2/c1-4-17-12-10-15-8-6-7-9-18(15)22(17)29(25,26)20-13-11-16(14-19(20)27-3)21-28(23,24)5-2/h6-9,11,13-14,17,21H,4-5,10,12H2,1-3H3/t17-/m1/s1. The van der Waals surface area contributed by atoms with Gasteiger partial charge in [-0.1, -0.05) is 25.1 Å². The van der Waals surface area contributed by atoms with Crippen molar-refractivity contribution < 1.29 is 21.6 Å². The van der Waals surface area contributed by atoms with Crippen molar-refractivity contribution in [2.24, 2.45) is 0 Å². The summed E-state index contributed by atoms with van der Waals surface area (Å²) >= 11 is 0. The molecule has 29 heavy (non-hydrogen) atoms. The van der Waals surface area contributed by atoms with Gasteiger partial charge in [-0.05, 0) is 49.9 Å². The maximum atomic E-state index is 13.7. The van der Waals surface area contributed by atoms with E-state index < -0.39 is 20.0 Å². The number of para-hydroxylation sites is 1. The lowest BCUT2D eigenvalue weighted by molar-refractivity contribution is 0.402. The lowest BCUT2D eigenvalue weighted by atomic mass is 9.97. The van der Waals surface area contributed by atoms with Crippen LogP contribution in [0.3, 0.4) is 0 Å². The van der Waals surface area contributed by atoms with Crippen molar-refractivity contribution in [3.8, 4) is 5.75 Å². The fraction of sp³-hybridized carbons (Fsp3) is 0.400. The number of sulfonamides is 2. The van der Waals surface area contributed by atoms with Crippen LogP contribution in [0.5, 0.6) is 5.75 Å². The number of nitrogens with one attached hydrogen (secondary N) is 1. The van der Waals surface area contributed by atoms with Crippen LogP contribution in [0.1, 0.15) is 32.3 Å². The highest BCUT2D eigenvalue weighted by atomic mass is 32.2. The minimum atomic E-state index is -3.91. The molecule has 0 bridgehead atoms. The normalized spacial score (nSPS) is 16.9. The van der Waals surface area contributed by atoms with Crippen molar-refractivity contribution in [1.82, 2.24) is 0 Å². The van der Waals surface area contributed by atoms with Crippen molar-refractivity contribution in [2.45, 2.75) is 44.0 Å². The van der Waals surface area contributed by atoms with E-state index in [1.165, 1.54) is 36.5 Å². The van der Waals surface area contributed by atoms with Crippen molar-refractivity contribution in [3.63, 3.8) is 0 Å². The number of anilines is 2. The fourth-order valence-electron chi connectivity index (χ4n) is 3.57. The average Bonchev–Trinajstić information content (AvgIpc) is 2.72. The predicted molar refractivity (Wildman–Crippen MR) is 115 cm³/mol. The van der Waals surface area contributed by atoms with Crippen molar-refractivity contribution in [3.05, 3.63) is 48.0 Å². The number of methoxy groups -OCH3 is 1. The molecule has 0 unspecified atom stereocenters. The molecule has 1 heterocycles. The summed E-state index contributed by atoms with van der Waals surface area (Å²) in [4.78, 5) is 0.00889. The van der Waals surface area contributed by atoms with Crippen molar-refractivity contribution in [1.29, 1.82) is 0 Å². The second-order valence-electron chi connectivity index (χ2n) is 6.90. The first-order chi connectivity index (χ1) is 13.7. The number of aryl methyl sites for hydroxylation is 1. The SMILES string of the molecule is CC[C@@H]1CCc2ccccc2N1S(=O)(=O)c1ccc(NS(=O)(=O)CC)cc1OC. The lowest BCUT2D eigenvalue weighted by Gasteiger charge is -2.37. The Labute approximate surface area is 172 Å². The van der Waals surface area contributed by atoms with E-state index in [0.717, 1.165) is 18.4 Å². The van der Waals surface area contributed by atoms with E-state index in [1.54, 1.807) is 0 Å². The summed E-state index contributed by atoms with van der Waals surface area (Å²) in [6.45, 7) is 3.50. The predicted octanol–water partition coefficient (Wildman–Crippen LogP) is 3.38. The summed E-state index contributed by atoms with van der Waals surface area (Å²) in [6, 6.07) is 11.6. The minimum Gasteiger partial charge on any atom is -0.495 e. The molecule has 0 aromatic heterocycles. The molecule has 2 aromatic carbocycles. The first kappa shape index (κ1) is 21.4. The highest BCUT2D eigenvalue weighted by Crippen LogP contribution is 2.39. The summed E-state index contributed by atoms with van der Waals surface area (Å²) in [5.74, 6) is 0.0113. The minimum absolute atomic E-state index is 0.00889. The highest BCUT2D eigenvalue weighted by molar-refractivity contribution is 7.93. The van der Waals surface area contributed by atoms with Crippen LogP contribution >= 0.6 is 0 Å². The number of nitrogens with zero attached hydrogens (tertiary/aromatic N) is 1. The summed E-state index contributed by atoms with van der Waals surface area (Å²) in [6.07, 6.45) is 2.25. The van der Waals surface area contributed by atoms with Crippen LogP contribution < -0.4 is 13.8 Å². The van der Waals surface area contributed by atoms with E-state index in [9.17, 15) is 16.8 Å². The molecule has 0 radical (unpaired) electrons. The fourth-order valence-corrected chi connectivity index (χ4v) is 6.13. The maximum absolute atomic E-state index is 13.7. The van der Waals surface area contributed by atoms with Gasteiger partial charge in [0.25, 0.3) is 10.0 Å². The van der Waals surface area contributed by atoms with Gasteiger partial charge in [-0.2, -0.15) is 0 Å². The summed E-state index contributed by atoms with van der Waals surface area (Å²) in [5, 5.41) is 0. The number of hydrogen-bond acceptors (Lipinski definition) is 5. The van der Waals surface area contributed by atoms with Gasteiger partial charge in [0.2, 0.25) is 10.0 Å². The molecule has 1 atom stereocenters. The number of ether oxygens (including phenoxy) is 1. The molecule has 0 spiro atoms. The third-order valence-electron chi connectivity index (χ3n) is 5.13. The van der Waals surface area contributed by atoms with Crippen molar-refractivity contribution >= 4 is 31.4 Å². The Morgan fingerprint density at radius 1 is 1.10 bits per heavy atom. The van der Waals surface area contributed by atoms with Gasteiger partial charge in [0.15, 0.2) is 0 Å². The van der Waals surface area contributed by atoms with Gasteiger partial charge < -0.3 is 4.74 Å². The van der Waals surface area contributed by atoms with Crippen LogP contribution in [0.4, 0.5) is 11.4 Å². The zero-order valence-electron chi connectivity index (χ0n) is 16.8. The molecule has 0 saturated heterocycles. The molecule has 0 fully saturated rings. The third-order valence-corrected chi connectivity index (χ3v) is 8.35. The summed E-state index contributed by atoms with van der Waals surface area (Å²) in [5.41, 5.74) is 1.93. The van der Waals surface area contributed by atoms with Crippen molar-refractivity contribution in [2.75, 3.05) is 21.9 Å². The molecule has 9 heteroatoms. The zero-order valence-corrected chi connectivity index (χ0v) is 18.4. The van der Waals surface area contributed by atoms with E-state index in [0.29, 0.717) is 12.1 Å². The Balaban J connectivity index is 2.09. The molecule has 0 saturated carbocycles. The van der Waals surface area contributed by atoms with E-state index in [2.05, 4.69) is 4.72 Å². The number of hydrogen-bond donors (Lipinski definition) is 1. The third kappa shape index (κ3) is 4.20. The van der Waals surface area contributed by atoms with Crippen LogP contribution in [0.25, 0.3) is 0 Å². The molecule has 158 valence electrons. The lowest BCUT2D eigenvalue weighted by Crippen LogP contribution is -2.43. The molecule has 2 aromatic rings. The van der Waals surface area contributed by atoms with Crippen LogP contribution in [-0.4, -0.2) is 35.7 Å². The largest absolute Gasteiger partial charge is 0.495 e. The van der Waals surface area contributed by atoms with Gasteiger partial charge in [-0.25, -0.2) is 16.8 Å². The molecule has 3 rings (SSSR count). The molecule has 1 aliphatic rings. The Kier molecular flexibility index (Phi) is 6.09. The Bertz CT molecular complexity index is 1100. The van der Waals surface area contributed by atoms with Crippen LogP contribution in [0.2, 0.25) is 0 Å². The summed E-state index contributed by atoms with van der Waals surface area (Å²) in [7, 11) is -6.03. The molecule has 0 aliphatic carbocycles. The van der Waals surface area contributed by atoms with Gasteiger partial charge in [-0.15, -0.1) is 0 Å². The molecule has 1 N–H and O–H groups in total. The first-order valence-corrected chi connectivity index (χ1v) is 12.6. The monoisotopic (exact) mass is 438 g/mol. The van der Waals surface area contributed by atoms with E-state index in [-0.39, 0.29) is 28.1 Å². The van der Waals surface area contributed by atoms with E-state index in [4.69, 9.17) is 4.74 Å². The van der Waals surface area contributed by atoms with Gasteiger partial charge in [-0.3, -0.25) is 9.03 Å². The summed E-state index contributed by atoms with van der Waals surface area (Å²) < 4.78 is 60.2. The molecular weight excluding hydrogens is 412 g/mol. The first-order valence-electron chi connectivity index (χ1n) is 9.54. The smallest absolute Gasteiger partial charge is 0.268 e. The van der Waals surface area contributed by atoms with Gasteiger partial charge in [0.05, 0.1) is 24.2 Å². The Morgan fingerprint density at radius 3 is 2.48 bits per heavy atom. The average molecular weight is 439 g/mol. The Hall–Kier alpha value is -2.26. The second-order valence-corrected chi connectivity index (χ2v) is 10.7. The topological polar surface area (TPSA) is 92.8 Å². The van der Waals surface area contributed by atoms with Gasteiger partial charge in [0.1, 0.15) is 10.6 Å². The van der Waals surface area contributed by atoms with E-state index in [1.807, 2.05) is 31.2 Å². The zero-order chi connectivity index (χ0) is 21.2. The number of rotatable bonds is 7. The van der Waals surface area contributed by atoms with Crippen LogP contribution in [0.15, 0.2) is 47.4 Å². The van der Waals surface area contributed by atoms with Crippen LogP contribution in [0, 0.1) is 0 Å². The number of fused-ring (bicyclic) bond motifs is 1. The quantitative estimate of drug-likeness (QED) is 0.715. The molecule has 7 nitrogen and oxygen atoms in total. The van der Waals surface area contributed by atoms with Crippen LogP contribution in [-0.2, 0) is 26.5 Å². The molecular formula is C20H26N2O5S2. The second kappa shape index (κ2) is 8.23. The maximum Gasteiger partial charge on any atom is 0.268 e. The molecule has 0 amide bonds. The molecule has 1 aliphatic heterocycles. The Morgan fingerprint density at radius 2 is 1.83 bits per heavy atom. The van der Waals surface area contributed by atoms with Gasteiger partial charge in [0, 0.05) is 12.1 Å². The van der Waals surface area contributed by atoms with E-state index >= 15 is 0 Å².